The number of nitrogens with one attached hydrogen (secondary N) is 1. The summed E-state index contributed by atoms with van der Waals surface area (Å²) in [5, 5.41) is 3.16. The summed E-state index contributed by atoms with van der Waals surface area (Å²) in [5.41, 5.74) is 1.05. The number of hydrogen-bond donors (Lipinski definition) is 1. The molecule has 0 radical (unpaired) electrons. The number of ether oxygens (including phenoxy) is 4. The van der Waals surface area contributed by atoms with Crippen LogP contribution in [0.3, 0.4) is 0 Å². The summed E-state index contributed by atoms with van der Waals surface area (Å²) < 4.78 is 21.9. The van der Waals surface area contributed by atoms with Crippen molar-refractivity contribution in [1.82, 2.24) is 10.2 Å². The van der Waals surface area contributed by atoms with Gasteiger partial charge in [-0.2, -0.15) is 0 Å². The van der Waals surface area contributed by atoms with E-state index in [1.165, 1.54) is 5.56 Å². The molecule has 3 aliphatic heterocycles. The second-order valence-electron chi connectivity index (χ2n) is 7.13. The maximum absolute atomic E-state index is 12.4. The molecule has 1 aromatic carbocycles. The highest BCUT2D eigenvalue weighted by atomic mass is 35.5. The molecule has 8 heteroatoms. The normalized spacial score (nSPS) is 21.3. The van der Waals surface area contributed by atoms with Crippen molar-refractivity contribution >= 4 is 18.3 Å². The number of benzene rings is 1. The summed E-state index contributed by atoms with van der Waals surface area (Å²) in [6.45, 7) is 5.74. The van der Waals surface area contributed by atoms with Crippen molar-refractivity contribution in [3.63, 3.8) is 0 Å². The Kier molecular flexibility index (Phi) is 6.81. The molecule has 0 unspecified atom stereocenters. The maximum atomic E-state index is 12.4. The first-order valence-corrected chi connectivity index (χ1v) is 9.30. The van der Waals surface area contributed by atoms with Crippen LogP contribution in [0.1, 0.15) is 18.4 Å². The van der Waals surface area contributed by atoms with E-state index in [4.69, 9.17) is 18.9 Å². The smallest absolute Gasteiger partial charge is 0.234 e. The van der Waals surface area contributed by atoms with Gasteiger partial charge in [0.25, 0.3) is 0 Å². The molecule has 0 aromatic heterocycles. The van der Waals surface area contributed by atoms with Crippen molar-refractivity contribution in [2.24, 2.45) is 0 Å². The summed E-state index contributed by atoms with van der Waals surface area (Å²) in [7, 11) is 0. The Labute approximate surface area is 165 Å². The topological polar surface area (TPSA) is 69.3 Å². The van der Waals surface area contributed by atoms with Crippen LogP contribution >= 0.6 is 12.4 Å². The fraction of sp³-hybridized carbons (Fsp3) is 0.632. The number of fused-ring (bicyclic) bond motifs is 1. The van der Waals surface area contributed by atoms with Gasteiger partial charge in [-0.05, 0) is 30.5 Å². The van der Waals surface area contributed by atoms with Crippen LogP contribution < -0.4 is 14.8 Å². The summed E-state index contributed by atoms with van der Waals surface area (Å²) in [5.74, 6) is 1.64. The average molecular weight is 399 g/mol. The third-order valence-corrected chi connectivity index (χ3v) is 5.53. The van der Waals surface area contributed by atoms with Crippen molar-refractivity contribution in [3.8, 4) is 11.5 Å². The van der Waals surface area contributed by atoms with Gasteiger partial charge in [0.1, 0.15) is 0 Å². The van der Waals surface area contributed by atoms with Gasteiger partial charge in [-0.25, -0.2) is 0 Å². The quantitative estimate of drug-likeness (QED) is 0.807. The SMILES string of the molecule is Cl.O=C(CN1CCOCC1)NCC1(c2ccc3c(c2)OCO3)CCOCC1. The average Bonchev–Trinajstić information content (AvgIpc) is 3.16. The van der Waals surface area contributed by atoms with Crippen molar-refractivity contribution < 1.29 is 23.7 Å². The summed E-state index contributed by atoms with van der Waals surface area (Å²) in [4.78, 5) is 14.6. The molecule has 150 valence electrons. The molecule has 2 saturated heterocycles. The largest absolute Gasteiger partial charge is 0.454 e. The van der Waals surface area contributed by atoms with Gasteiger partial charge >= 0.3 is 0 Å². The van der Waals surface area contributed by atoms with E-state index >= 15 is 0 Å². The number of amides is 1. The van der Waals surface area contributed by atoms with Crippen LogP contribution in [0.2, 0.25) is 0 Å². The molecule has 1 N–H and O–H groups in total. The number of rotatable bonds is 5. The van der Waals surface area contributed by atoms with Gasteiger partial charge in [0.2, 0.25) is 12.7 Å². The Bertz CT molecular complexity index is 645. The zero-order chi connectivity index (χ0) is 17.8. The first-order valence-electron chi connectivity index (χ1n) is 9.30. The van der Waals surface area contributed by atoms with Crippen molar-refractivity contribution in [1.29, 1.82) is 0 Å². The van der Waals surface area contributed by atoms with Crippen LogP contribution in [0.5, 0.6) is 11.5 Å². The molecule has 0 atom stereocenters. The summed E-state index contributed by atoms with van der Waals surface area (Å²) in [6.07, 6.45) is 1.76. The standard InChI is InChI=1S/C19H26N2O5.ClH/c22-18(12-21-5-9-24-10-6-21)20-13-19(3-7-23-8-4-19)15-1-2-16-17(11-15)26-14-25-16;/h1-2,11H,3-10,12-14H2,(H,20,22);1H. The van der Waals surface area contributed by atoms with Crippen molar-refractivity contribution in [2.45, 2.75) is 18.3 Å². The Hall–Kier alpha value is -1.54. The van der Waals surface area contributed by atoms with E-state index in [2.05, 4.69) is 22.3 Å². The van der Waals surface area contributed by atoms with Crippen molar-refractivity contribution in [2.75, 3.05) is 59.4 Å². The number of carbonyl (C=O) groups excluding carboxylic acids is 1. The van der Waals surface area contributed by atoms with Gasteiger partial charge < -0.3 is 24.3 Å². The fourth-order valence-electron chi connectivity index (χ4n) is 3.84. The minimum Gasteiger partial charge on any atom is -0.454 e. The van der Waals surface area contributed by atoms with E-state index in [0.29, 0.717) is 39.5 Å². The van der Waals surface area contributed by atoms with Gasteiger partial charge in [-0.1, -0.05) is 6.07 Å². The highest BCUT2D eigenvalue weighted by Gasteiger charge is 2.36. The van der Waals surface area contributed by atoms with E-state index in [9.17, 15) is 4.79 Å². The molecule has 0 aliphatic carbocycles. The fourth-order valence-corrected chi connectivity index (χ4v) is 3.84. The third kappa shape index (κ3) is 4.66. The monoisotopic (exact) mass is 398 g/mol. The Morgan fingerprint density at radius 2 is 1.74 bits per heavy atom. The highest BCUT2D eigenvalue weighted by molar-refractivity contribution is 5.85. The third-order valence-electron chi connectivity index (χ3n) is 5.53. The first-order chi connectivity index (χ1) is 12.8. The molecule has 3 heterocycles. The van der Waals surface area contributed by atoms with Crippen LogP contribution in [0.25, 0.3) is 0 Å². The molecule has 3 aliphatic rings. The lowest BCUT2D eigenvalue weighted by atomic mass is 9.74. The van der Waals surface area contributed by atoms with Gasteiger partial charge in [-0.3, -0.25) is 9.69 Å². The van der Waals surface area contributed by atoms with Gasteiger partial charge in [0.05, 0.1) is 19.8 Å². The second-order valence-corrected chi connectivity index (χ2v) is 7.13. The minimum atomic E-state index is -0.125. The molecule has 27 heavy (non-hydrogen) atoms. The van der Waals surface area contributed by atoms with Gasteiger partial charge in [0, 0.05) is 38.3 Å². The second kappa shape index (κ2) is 9.10. The van der Waals surface area contributed by atoms with Crippen molar-refractivity contribution in [3.05, 3.63) is 23.8 Å². The molecule has 0 bridgehead atoms. The molecule has 0 spiro atoms. The number of hydrogen-bond acceptors (Lipinski definition) is 6. The maximum Gasteiger partial charge on any atom is 0.234 e. The predicted molar refractivity (Wildman–Crippen MR) is 102 cm³/mol. The molecule has 2 fully saturated rings. The van der Waals surface area contributed by atoms with E-state index in [-0.39, 0.29) is 30.5 Å². The zero-order valence-electron chi connectivity index (χ0n) is 15.4. The van der Waals surface area contributed by atoms with Crippen LogP contribution in [-0.2, 0) is 19.7 Å². The highest BCUT2D eigenvalue weighted by Crippen LogP contribution is 2.40. The van der Waals surface area contributed by atoms with E-state index < -0.39 is 0 Å². The number of halogens is 1. The Morgan fingerprint density at radius 3 is 2.52 bits per heavy atom. The molecule has 4 rings (SSSR count). The molecule has 1 aromatic rings. The molecule has 1 amide bonds. The van der Waals surface area contributed by atoms with Crippen LogP contribution in [0.4, 0.5) is 0 Å². The Balaban J connectivity index is 0.00000210. The predicted octanol–water partition coefficient (Wildman–Crippen LogP) is 1.33. The lowest BCUT2D eigenvalue weighted by molar-refractivity contribution is -0.123. The van der Waals surface area contributed by atoms with Crippen LogP contribution in [-0.4, -0.2) is 70.2 Å². The minimum absolute atomic E-state index is 0. The number of morpholine rings is 1. The summed E-state index contributed by atoms with van der Waals surface area (Å²) >= 11 is 0. The molecular weight excluding hydrogens is 372 g/mol. The van der Waals surface area contributed by atoms with E-state index in [1.54, 1.807) is 0 Å². The van der Waals surface area contributed by atoms with E-state index in [1.807, 2.05) is 6.07 Å². The van der Waals surface area contributed by atoms with Crippen LogP contribution in [0, 0.1) is 0 Å². The molecule has 0 saturated carbocycles. The lowest BCUT2D eigenvalue weighted by Gasteiger charge is -2.38. The lowest BCUT2D eigenvalue weighted by Crippen LogP contribution is -2.48. The number of carbonyl (C=O) groups is 1. The molecular formula is C19H27ClN2O5. The van der Waals surface area contributed by atoms with Crippen LogP contribution in [0.15, 0.2) is 18.2 Å². The molecule has 7 nitrogen and oxygen atoms in total. The number of nitrogens with zero attached hydrogens (tertiary/aromatic N) is 1. The van der Waals surface area contributed by atoms with E-state index in [0.717, 1.165) is 37.4 Å². The first kappa shape index (κ1) is 20.2. The van der Waals surface area contributed by atoms with Gasteiger partial charge in [-0.15, -0.1) is 12.4 Å². The van der Waals surface area contributed by atoms with Gasteiger partial charge in [0.15, 0.2) is 11.5 Å². The summed E-state index contributed by atoms with van der Waals surface area (Å²) in [6, 6.07) is 6.11. The Morgan fingerprint density at radius 1 is 1.04 bits per heavy atom. The zero-order valence-corrected chi connectivity index (χ0v) is 16.2.